The maximum atomic E-state index is 12.7. The Kier molecular flexibility index (Phi) is 7.80. The maximum Gasteiger partial charge on any atom is 0.259 e. The summed E-state index contributed by atoms with van der Waals surface area (Å²) in [6, 6.07) is 13.0. The average Bonchev–Trinajstić information content (AvgIpc) is 2.68. The smallest absolute Gasteiger partial charge is 0.259 e. The predicted octanol–water partition coefficient (Wildman–Crippen LogP) is 2.16. The van der Waals surface area contributed by atoms with E-state index in [1.807, 2.05) is 0 Å². The second kappa shape index (κ2) is 9.93. The Labute approximate surface area is 183 Å². The van der Waals surface area contributed by atoms with Crippen LogP contribution in [0.4, 0.5) is 0 Å². The third kappa shape index (κ3) is 7.37. The van der Waals surface area contributed by atoms with Gasteiger partial charge in [0.2, 0.25) is 10.0 Å². The van der Waals surface area contributed by atoms with E-state index in [1.165, 1.54) is 17.0 Å². The molecule has 0 heterocycles. The number of hydrogen-bond donors (Lipinski definition) is 2. The monoisotopic (exact) mass is 447 g/mol. The third-order valence-electron chi connectivity index (χ3n) is 4.10. The number of carbonyl (C=O) groups is 2. The van der Waals surface area contributed by atoms with Crippen molar-refractivity contribution in [3.63, 3.8) is 0 Å². The number of sulfonamides is 1. The fourth-order valence-corrected chi connectivity index (χ4v) is 4.31. The van der Waals surface area contributed by atoms with Crippen LogP contribution in [0.1, 0.15) is 36.7 Å². The van der Waals surface area contributed by atoms with Crippen LogP contribution in [0, 0.1) is 0 Å². The zero-order valence-corrected chi connectivity index (χ0v) is 19.2. The molecule has 8 nitrogen and oxygen atoms in total. The second-order valence-corrected chi connectivity index (χ2v) is 9.90. The van der Waals surface area contributed by atoms with Gasteiger partial charge in [-0.1, -0.05) is 24.3 Å². The lowest BCUT2D eigenvalue weighted by Gasteiger charge is -2.21. The lowest BCUT2D eigenvalue weighted by molar-refractivity contribution is -0.130. The van der Waals surface area contributed by atoms with Crippen molar-refractivity contribution in [3.05, 3.63) is 59.7 Å². The van der Waals surface area contributed by atoms with E-state index in [1.54, 1.807) is 71.3 Å². The van der Waals surface area contributed by atoms with Crippen LogP contribution in [0.15, 0.2) is 53.4 Å². The highest BCUT2D eigenvalue weighted by Crippen LogP contribution is 2.18. The molecule has 2 N–H and O–H groups in total. The van der Waals surface area contributed by atoms with Crippen molar-refractivity contribution in [2.45, 2.75) is 37.8 Å². The Bertz CT molecular complexity index is 1040. The molecule has 9 heteroatoms. The van der Waals surface area contributed by atoms with E-state index < -0.39 is 15.6 Å². The molecular weight excluding hydrogens is 418 g/mol. The first-order chi connectivity index (χ1) is 14.4. The molecule has 2 amide bonds. The van der Waals surface area contributed by atoms with Crippen LogP contribution in [-0.4, -0.2) is 51.4 Å². The number of hydrogen-bond acceptors (Lipinski definition) is 5. The van der Waals surface area contributed by atoms with Gasteiger partial charge in [0.05, 0.1) is 4.90 Å². The molecule has 31 heavy (non-hydrogen) atoms. The van der Waals surface area contributed by atoms with E-state index in [0.717, 1.165) is 0 Å². The van der Waals surface area contributed by atoms with Crippen molar-refractivity contribution < 1.29 is 22.7 Å². The molecule has 0 saturated carbocycles. The van der Waals surface area contributed by atoms with Gasteiger partial charge in [-0.3, -0.25) is 9.59 Å². The first kappa shape index (κ1) is 24.4. The minimum absolute atomic E-state index is 0.0320. The standard InChI is InChI=1S/C22H29N3O5S/c1-22(2,3)24-31(28,29)19-12-7-6-9-17(19)14-23-21(27)16-10-8-11-18(13-16)30-15-20(26)25(4)5/h6-13,24H,14-15H2,1-5H3,(H,23,27). The highest BCUT2D eigenvalue weighted by atomic mass is 32.2. The van der Waals surface area contributed by atoms with Crippen LogP contribution in [0.5, 0.6) is 5.75 Å². The Balaban J connectivity index is 2.10. The van der Waals surface area contributed by atoms with Gasteiger partial charge in [-0.2, -0.15) is 0 Å². The fraction of sp³-hybridized carbons (Fsp3) is 0.364. The van der Waals surface area contributed by atoms with Crippen molar-refractivity contribution in [3.8, 4) is 5.75 Å². The molecule has 0 radical (unpaired) electrons. The lowest BCUT2D eigenvalue weighted by atomic mass is 10.1. The molecule has 0 saturated heterocycles. The molecule has 0 atom stereocenters. The molecule has 168 valence electrons. The van der Waals surface area contributed by atoms with E-state index in [0.29, 0.717) is 16.9 Å². The Hall–Kier alpha value is -2.91. The number of rotatable bonds is 8. The molecular formula is C22H29N3O5S. The van der Waals surface area contributed by atoms with E-state index in [4.69, 9.17) is 4.74 Å². The van der Waals surface area contributed by atoms with Crippen LogP contribution in [0.25, 0.3) is 0 Å². The van der Waals surface area contributed by atoms with Crippen LogP contribution in [0.2, 0.25) is 0 Å². The van der Waals surface area contributed by atoms with Crippen LogP contribution < -0.4 is 14.8 Å². The zero-order valence-electron chi connectivity index (χ0n) is 18.4. The number of ether oxygens (including phenoxy) is 1. The molecule has 2 aromatic rings. The minimum Gasteiger partial charge on any atom is -0.484 e. The quantitative estimate of drug-likeness (QED) is 0.645. The predicted molar refractivity (Wildman–Crippen MR) is 118 cm³/mol. The molecule has 0 unspecified atom stereocenters. The number of nitrogens with one attached hydrogen (secondary N) is 2. The summed E-state index contributed by atoms with van der Waals surface area (Å²) in [5, 5.41) is 2.74. The van der Waals surface area contributed by atoms with Gasteiger partial charge in [0, 0.05) is 31.7 Å². The van der Waals surface area contributed by atoms with Crippen molar-refractivity contribution in [1.29, 1.82) is 0 Å². The van der Waals surface area contributed by atoms with Gasteiger partial charge in [-0.25, -0.2) is 13.1 Å². The average molecular weight is 448 g/mol. The van der Waals surface area contributed by atoms with Gasteiger partial charge in [0.15, 0.2) is 6.61 Å². The lowest BCUT2D eigenvalue weighted by Crippen LogP contribution is -2.41. The minimum atomic E-state index is -3.75. The summed E-state index contributed by atoms with van der Waals surface area (Å²) in [5.74, 6) is -0.197. The van der Waals surface area contributed by atoms with Crippen LogP contribution in [0.3, 0.4) is 0 Å². The van der Waals surface area contributed by atoms with Crippen molar-refractivity contribution in [2.75, 3.05) is 20.7 Å². The number of likely N-dealkylation sites (N-methyl/N-ethyl adjacent to an activating group) is 1. The zero-order chi connectivity index (χ0) is 23.2. The van der Waals surface area contributed by atoms with Gasteiger partial charge in [-0.05, 0) is 50.6 Å². The fourth-order valence-electron chi connectivity index (χ4n) is 2.65. The summed E-state index contributed by atoms with van der Waals surface area (Å²) in [7, 11) is -0.489. The summed E-state index contributed by atoms with van der Waals surface area (Å²) in [6.45, 7) is 5.18. The summed E-state index contributed by atoms with van der Waals surface area (Å²) in [5.41, 5.74) is 0.170. The van der Waals surface area contributed by atoms with Crippen molar-refractivity contribution >= 4 is 21.8 Å². The molecule has 0 fully saturated rings. The molecule has 2 aromatic carbocycles. The summed E-state index contributed by atoms with van der Waals surface area (Å²) >= 11 is 0. The SMILES string of the molecule is CN(C)C(=O)COc1cccc(C(=O)NCc2ccccc2S(=O)(=O)NC(C)(C)C)c1. The molecule has 2 rings (SSSR count). The summed E-state index contributed by atoms with van der Waals surface area (Å²) < 4.78 is 33.5. The number of benzene rings is 2. The summed E-state index contributed by atoms with van der Waals surface area (Å²) in [4.78, 5) is 25.8. The van der Waals surface area contributed by atoms with Crippen molar-refractivity contribution in [2.24, 2.45) is 0 Å². The van der Waals surface area contributed by atoms with Crippen LogP contribution >= 0.6 is 0 Å². The molecule has 0 aliphatic rings. The maximum absolute atomic E-state index is 12.7. The number of nitrogens with zero attached hydrogens (tertiary/aromatic N) is 1. The van der Waals surface area contributed by atoms with E-state index in [-0.39, 0.29) is 29.9 Å². The van der Waals surface area contributed by atoms with Gasteiger partial charge in [0.1, 0.15) is 5.75 Å². The Morgan fingerprint density at radius 1 is 1.03 bits per heavy atom. The van der Waals surface area contributed by atoms with Crippen LogP contribution in [-0.2, 0) is 21.4 Å². The Morgan fingerprint density at radius 3 is 2.35 bits per heavy atom. The largest absolute Gasteiger partial charge is 0.484 e. The first-order valence-corrected chi connectivity index (χ1v) is 11.2. The molecule has 0 aromatic heterocycles. The molecule has 0 aliphatic heterocycles. The number of amides is 2. The van der Waals surface area contributed by atoms with Gasteiger partial charge in [-0.15, -0.1) is 0 Å². The van der Waals surface area contributed by atoms with Gasteiger partial charge >= 0.3 is 0 Å². The van der Waals surface area contributed by atoms with E-state index in [2.05, 4.69) is 10.0 Å². The third-order valence-corrected chi connectivity index (χ3v) is 5.96. The molecule has 0 aliphatic carbocycles. The molecule has 0 spiro atoms. The van der Waals surface area contributed by atoms with E-state index in [9.17, 15) is 18.0 Å². The molecule has 0 bridgehead atoms. The van der Waals surface area contributed by atoms with E-state index >= 15 is 0 Å². The second-order valence-electron chi connectivity index (χ2n) is 8.25. The Morgan fingerprint density at radius 2 is 1.71 bits per heavy atom. The topological polar surface area (TPSA) is 105 Å². The number of carbonyl (C=O) groups excluding carboxylic acids is 2. The first-order valence-electron chi connectivity index (χ1n) is 9.72. The normalized spacial score (nSPS) is 11.6. The van der Waals surface area contributed by atoms with Gasteiger partial charge in [0.25, 0.3) is 11.8 Å². The highest BCUT2D eigenvalue weighted by molar-refractivity contribution is 7.89. The highest BCUT2D eigenvalue weighted by Gasteiger charge is 2.24. The van der Waals surface area contributed by atoms with Gasteiger partial charge < -0.3 is 15.0 Å². The van der Waals surface area contributed by atoms with Crippen molar-refractivity contribution in [1.82, 2.24) is 14.9 Å². The summed E-state index contributed by atoms with van der Waals surface area (Å²) in [6.07, 6.45) is 0.